The highest BCUT2D eigenvalue weighted by molar-refractivity contribution is 6.32. The Morgan fingerprint density at radius 2 is 2.09 bits per heavy atom. The van der Waals surface area contributed by atoms with Crippen molar-refractivity contribution in [1.29, 1.82) is 0 Å². The number of fused-ring (bicyclic) bond motifs is 1. The highest BCUT2D eigenvalue weighted by atomic mass is 35.5. The van der Waals surface area contributed by atoms with Crippen LogP contribution in [-0.2, 0) is 6.54 Å². The van der Waals surface area contributed by atoms with Gasteiger partial charge in [-0.3, -0.25) is 4.90 Å². The predicted molar refractivity (Wildman–Crippen MR) is 91.7 cm³/mol. The molecule has 0 bridgehead atoms. The number of benzene rings is 1. The Labute approximate surface area is 143 Å². The Morgan fingerprint density at radius 3 is 2.91 bits per heavy atom. The molecule has 2 aliphatic rings. The van der Waals surface area contributed by atoms with Crippen molar-refractivity contribution in [1.82, 2.24) is 10.2 Å². The highest BCUT2D eigenvalue weighted by Crippen LogP contribution is 2.38. The lowest BCUT2D eigenvalue weighted by Gasteiger charge is -2.32. The molecule has 1 fully saturated rings. The summed E-state index contributed by atoms with van der Waals surface area (Å²) in [5, 5.41) is 4.04. The number of likely N-dealkylation sites (tertiary alicyclic amines) is 1. The SMILES string of the molecule is CNC1CCCN(Cc2cc(Cl)c3c(c2)OCCCO3)C1.Cl. The van der Waals surface area contributed by atoms with Crippen LogP contribution in [-0.4, -0.2) is 44.3 Å². The molecule has 0 amide bonds. The quantitative estimate of drug-likeness (QED) is 0.911. The van der Waals surface area contributed by atoms with E-state index in [9.17, 15) is 0 Å². The molecule has 0 aromatic heterocycles. The van der Waals surface area contributed by atoms with Gasteiger partial charge in [0.1, 0.15) is 0 Å². The summed E-state index contributed by atoms with van der Waals surface area (Å²) in [7, 11) is 2.04. The number of nitrogens with one attached hydrogen (secondary N) is 1. The molecule has 1 aromatic carbocycles. The van der Waals surface area contributed by atoms with E-state index in [4.69, 9.17) is 21.1 Å². The van der Waals surface area contributed by atoms with Gasteiger partial charge in [0.05, 0.1) is 18.2 Å². The predicted octanol–water partition coefficient (Wildman–Crippen LogP) is 3.11. The number of halogens is 2. The number of piperidine rings is 1. The molecule has 2 heterocycles. The summed E-state index contributed by atoms with van der Waals surface area (Å²) < 4.78 is 11.4. The van der Waals surface area contributed by atoms with E-state index in [1.807, 2.05) is 13.1 Å². The van der Waals surface area contributed by atoms with Crippen LogP contribution in [0.3, 0.4) is 0 Å². The van der Waals surface area contributed by atoms with Crippen LogP contribution in [0, 0.1) is 0 Å². The van der Waals surface area contributed by atoms with Gasteiger partial charge in [-0.2, -0.15) is 0 Å². The van der Waals surface area contributed by atoms with E-state index >= 15 is 0 Å². The third kappa shape index (κ3) is 4.19. The van der Waals surface area contributed by atoms with Gasteiger partial charge in [-0.25, -0.2) is 0 Å². The standard InChI is InChI=1S/C16H23ClN2O2.ClH/c1-18-13-4-2-5-19(11-13)10-12-8-14(17)16-15(9-12)20-6-3-7-21-16;/h8-9,13,18H,2-7,10-11H2,1H3;1H. The molecule has 0 radical (unpaired) electrons. The maximum Gasteiger partial charge on any atom is 0.179 e. The van der Waals surface area contributed by atoms with Crippen molar-refractivity contribution in [3.8, 4) is 11.5 Å². The van der Waals surface area contributed by atoms with Crippen molar-refractivity contribution in [2.24, 2.45) is 0 Å². The molecule has 0 saturated carbocycles. The summed E-state index contributed by atoms with van der Waals surface area (Å²) in [6, 6.07) is 4.68. The van der Waals surface area contributed by atoms with Crippen molar-refractivity contribution in [2.75, 3.05) is 33.4 Å². The van der Waals surface area contributed by atoms with Crippen LogP contribution in [0.15, 0.2) is 12.1 Å². The van der Waals surface area contributed by atoms with E-state index < -0.39 is 0 Å². The Kier molecular flexibility index (Phi) is 6.63. The van der Waals surface area contributed by atoms with Gasteiger partial charge in [0.15, 0.2) is 11.5 Å². The molecule has 1 unspecified atom stereocenters. The molecule has 124 valence electrons. The molecule has 2 aliphatic heterocycles. The second-order valence-corrected chi connectivity index (χ2v) is 6.23. The monoisotopic (exact) mass is 346 g/mol. The molecule has 1 atom stereocenters. The first kappa shape index (κ1) is 17.7. The van der Waals surface area contributed by atoms with Gasteiger partial charge in [0.25, 0.3) is 0 Å². The van der Waals surface area contributed by atoms with E-state index in [2.05, 4.69) is 16.3 Å². The maximum atomic E-state index is 6.36. The van der Waals surface area contributed by atoms with Gasteiger partial charge >= 0.3 is 0 Å². The third-order valence-corrected chi connectivity index (χ3v) is 4.46. The normalized spacial score (nSPS) is 21.8. The van der Waals surface area contributed by atoms with E-state index in [0.29, 0.717) is 30.0 Å². The molecule has 4 nitrogen and oxygen atoms in total. The molecule has 22 heavy (non-hydrogen) atoms. The van der Waals surface area contributed by atoms with Crippen molar-refractivity contribution >= 4 is 24.0 Å². The van der Waals surface area contributed by atoms with Gasteiger partial charge < -0.3 is 14.8 Å². The zero-order valence-electron chi connectivity index (χ0n) is 12.9. The zero-order chi connectivity index (χ0) is 14.7. The largest absolute Gasteiger partial charge is 0.489 e. The van der Waals surface area contributed by atoms with E-state index in [1.165, 1.54) is 18.4 Å². The number of rotatable bonds is 3. The number of hydrogen-bond donors (Lipinski definition) is 1. The minimum atomic E-state index is 0. The van der Waals surface area contributed by atoms with Crippen molar-refractivity contribution < 1.29 is 9.47 Å². The minimum absolute atomic E-state index is 0. The smallest absolute Gasteiger partial charge is 0.179 e. The molecule has 6 heteroatoms. The Morgan fingerprint density at radius 1 is 1.27 bits per heavy atom. The first-order valence-corrected chi connectivity index (χ1v) is 8.11. The van der Waals surface area contributed by atoms with Crippen LogP contribution in [0.2, 0.25) is 5.02 Å². The lowest BCUT2D eigenvalue weighted by Crippen LogP contribution is -2.43. The number of hydrogen-bond acceptors (Lipinski definition) is 4. The van der Waals surface area contributed by atoms with Crippen LogP contribution in [0.1, 0.15) is 24.8 Å². The Balaban J connectivity index is 0.00000176. The Hall–Kier alpha value is -0.680. The average Bonchev–Trinajstić information content (AvgIpc) is 2.73. The maximum absolute atomic E-state index is 6.36. The minimum Gasteiger partial charge on any atom is -0.489 e. The fraction of sp³-hybridized carbons (Fsp3) is 0.625. The van der Waals surface area contributed by atoms with Crippen LogP contribution in [0.5, 0.6) is 11.5 Å². The van der Waals surface area contributed by atoms with E-state index in [1.54, 1.807) is 0 Å². The topological polar surface area (TPSA) is 33.7 Å². The van der Waals surface area contributed by atoms with Crippen molar-refractivity contribution in [3.05, 3.63) is 22.7 Å². The molecule has 0 spiro atoms. The zero-order valence-corrected chi connectivity index (χ0v) is 14.5. The summed E-state index contributed by atoms with van der Waals surface area (Å²) in [4.78, 5) is 2.47. The molecule has 1 saturated heterocycles. The van der Waals surface area contributed by atoms with Crippen molar-refractivity contribution in [3.63, 3.8) is 0 Å². The van der Waals surface area contributed by atoms with Crippen LogP contribution >= 0.6 is 24.0 Å². The molecule has 1 aromatic rings. The summed E-state index contributed by atoms with van der Waals surface area (Å²) in [6.07, 6.45) is 3.40. The highest BCUT2D eigenvalue weighted by Gasteiger charge is 2.20. The van der Waals surface area contributed by atoms with Crippen LogP contribution in [0.4, 0.5) is 0 Å². The van der Waals surface area contributed by atoms with Crippen molar-refractivity contribution in [2.45, 2.75) is 31.8 Å². The van der Waals surface area contributed by atoms with Crippen LogP contribution in [0.25, 0.3) is 0 Å². The first-order chi connectivity index (χ1) is 10.3. The number of ether oxygens (including phenoxy) is 2. The summed E-state index contributed by atoms with van der Waals surface area (Å²) in [6.45, 7) is 4.50. The fourth-order valence-corrected chi connectivity index (χ4v) is 3.36. The summed E-state index contributed by atoms with van der Waals surface area (Å²) >= 11 is 6.36. The Bertz CT molecular complexity index is 499. The summed E-state index contributed by atoms with van der Waals surface area (Å²) in [5.41, 5.74) is 1.20. The molecule has 3 rings (SSSR count). The molecular weight excluding hydrogens is 323 g/mol. The summed E-state index contributed by atoms with van der Waals surface area (Å²) in [5.74, 6) is 1.49. The van der Waals surface area contributed by atoms with E-state index in [-0.39, 0.29) is 12.4 Å². The lowest BCUT2D eigenvalue weighted by molar-refractivity contribution is 0.187. The molecular formula is C16H24Cl2N2O2. The lowest BCUT2D eigenvalue weighted by atomic mass is 10.0. The van der Waals surface area contributed by atoms with E-state index in [0.717, 1.165) is 31.8 Å². The molecule has 0 aliphatic carbocycles. The first-order valence-electron chi connectivity index (χ1n) is 7.74. The second-order valence-electron chi connectivity index (χ2n) is 5.82. The van der Waals surface area contributed by atoms with Gasteiger partial charge in [-0.1, -0.05) is 11.6 Å². The van der Waals surface area contributed by atoms with Crippen LogP contribution < -0.4 is 14.8 Å². The average molecular weight is 347 g/mol. The fourth-order valence-electron chi connectivity index (χ4n) is 3.07. The third-order valence-electron chi connectivity index (χ3n) is 4.18. The van der Waals surface area contributed by atoms with Gasteiger partial charge in [0.2, 0.25) is 0 Å². The van der Waals surface area contributed by atoms with Gasteiger partial charge in [-0.15, -0.1) is 12.4 Å². The number of nitrogens with zero attached hydrogens (tertiary/aromatic N) is 1. The second kappa shape index (κ2) is 8.25. The number of likely N-dealkylation sites (N-methyl/N-ethyl adjacent to an activating group) is 1. The molecule has 1 N–H and O–H groups in total. The van der Waals surface area contributed by atoms with Gasteiger partial charge in [-0.05, 0) is 44.1 Å². The van der Waals surface area contributed by atoms with Gasteiger partial charge in [0, 0.05) is 25.6 Å².